The van der Waals surface area contributed by atoms with Gasteiger partial charge in [0.2, 0.25) is 0 Å². The molecule has 0 spiro atoms. The highest BCUT2D eigenvalue weighted by Gasteiger charge is 2.05. The fraction of sp³-hybridized carbons (Fsp3) is 0.286. The zero-order chi connectivity index (χ0) is 15.1. The second-order valence-electron chi connectivity index (χ2n) is 4.22. The average molecular weight is 289 g/mol. The number of ether oxygens (including phenoxy) is 2. The molecular weight excluding hydrogens is 270 g/mol. The third kappa shape index (κ3) is 4.30. The van der Waals surface area contributed by atoms with Crippen LogP contribution in [0.15, 0.2) is 30.3 Å². The van der Waals surface area contributed by atoms with Gasteiger partial charge in [-0.25, -0.2) is 15.8 Å². The Labute approximate surface area is 123 Å². The van der Waals surface area contributed by atoms with Crippen LogP contribution >= 0.6 is 0 Å². The van der Waals surface area contributed by atoms with Crippen molar-refractivity contribution in [2.75, 3.05) is 24.5 Å². The lowest BCUT2D eigenvalue weighted by molar-refractivity contribution is 0.178. The molecule has 0 aliphatic rings. The van der Waals surface area contributed by atoms with Crippen molar-refractivity contribution in [1.29, 1.82) is 0 Å². The summed E-state index contributed by atoms with van der Waals surface area (Å²) >= 11 is 0. The van der Waals surface area contributed by atoms with Gasteiger partial charge in [-0.2, -0.15) is 0 Å². The molecule has 1 aromatic heterocycles. The van der Waals surface area contributed by atoms with Gasteiger partial charge in [-0.1, -0.05) is 6.07 Å². The van der Waals surface area contributed by atoms with Gasteiger partial charge in [-0.05, 0) is 19.1 Å². The highest BCUT2D eigenvalue weighted by Crippen LogP contribution is 2.21. The van der Waals surface area contributed by atoms with Crippen molar-refractivity contribution in [2.24, 2.45) is 5.84 Å². The Balaban J connectivity index is 2.21. The molecule has 1 aromatic carbocycles. The first kappa shape index (κ1) is 15.0. The summed E-state index contributed by atoms with van der Waals surface area (Å²) in [5.41, 5.74) is 3.38. The van der Waals surface area contributed by atoms with Gasteiger partial charge in [0, 0.05) is 24.9 Å². The van der Waals surface area contributed by atoms with Crippen molar-refractivity contribution in [3.8, 4) is 5.75 Å². The largest absolute Gasteiger partial charge is 0.494 e. The molecule has 0 bridgehead atoms. The number of methoxy groups -OCH3 is 1. The number of hydrogen-bond donors (Lipinski definition) is 3. The maximum atomic E-state index is 5.47. The van der Waals surface area contributed by atoms with E-state index >= 15 is 0 Å². The zero-order valence-electron chi connectivity index (χ0n) is 12.1. The summed E-state index contributed by atoms with van der Waals surface area (Å²) in [6.07, 6.45) is 0. The minimum absolute atomic E-state index is 0.309. The highest BCUT2D eigenvalue weighted by molar-refractivity contribution is 5.60. The van der Waals surface area contributed by atoms with Crippen LogP contribution in [0.5, 0.6) is 5.75 Å². The predicted molar refractivity (Wildman–Crippen MR) is 81.4 cm³/mol. The second-order valence-corrected chi connectivity index (χ2v) is 4.22. The van der Waals surface area contributed by atoms with E-state index in [2.05, 4.69) is 20.7 Å². The lowest BCUT2D eigenvalue weighted by Gasteiger charge is -2.10. The summed E-state index contributed by atoms with van der Waals surface area (Å²) < 4.78 is 10.5. The Morgan fingerprint density at radius 1 is 1.19 bits per heavy atom. The third-order valence-corrected chi connectivity index (χ3v) is 2.61. The standard InChI is InChI=1S/C14H19N5O2/c1-3-21-11-6-4-5-10(7-11)16-12-8-13(19-15)18-14(17-12)9-20-2/h4-8H,3,9,15H2,1-2H3,(H2,16,17,18,19). The van der Waals surface area contributed by atoms with Gasteiger partial charge in [-0.15, -0.1) is 0 Å². The Morgan fingerprint density at radius 2 is 2.00 bits per heavy atom. The van der Waals surface area contributed by atoms with E-state index in [1.54, 1.807) is 13.2 Å². The summed E-state index contributed by atoms with van der Waals surface area (Å²) in [4.78, 5) is 8.55. The lowest BCUT2D eigenvalue weighted by Crippen LogP contribution is -2.11. The number of anilines is 3. The molecule has 0 atom stereocenters. The van der Waals surface area contributed by atoms with Crippen molar-refractivity contribution in [1.82, 2.24) is 9.97 Å². The first-order valence-corrected chi connectivity index (χ1v) is 6.58. The maximum absolute atomic E-state index is 5.47. The van der Waals surface area contributed by atoms with Crippen LogP contribution in [0.3, 0.4) is 0 Å². The number of hydrazine groups is 1. The van der Waals surface area contributed by atoms with Crippen molar-refractivity contribution < 1.29 is 9.47 Å². The van der Waals surface area contributed by atoms with Crippen LogP contribution in [0, 0.1) is 0 Å². The minimum Gasteiger partial charge on any atom is -0.494 e. The van der Waals surface area contributed by atoms with E-state index in [9.17, 15) is 0 Å². The summed E-state index contributed by atoms with van der Waals surface area (Å²) in [5.74, 6) is 7.89. The molecule has 0 amide bonds. The molecule has 0 fully saturated rings. The van der Waals surface area contributed by atoms with E-state index in [4.69, 9.17) is 15.3 Å². The Morgan fingerprint density at radius 3 is 2.71 bits per heavy atom. The second kappa shape index (κ2) is 7.41. The Kier molecular flexibility index (Phi) is 5.30. The van der Waals surface area contributed by atoms with Gasteiger partial charge in [0.25, 0.3) is 0 Å². The molecule has 7 heteroatoms. The molecule has 0 radical (unpaired) electrons. The summed E-state index contributed by atoms with van der Waals surface area (Å²) in [6.45, 7) is 2.88. The molecule has 0 aliphatic heterocycles. The molecule has 0 saturated heterocycles. The number of nitrogen functional groups attached to an aromatic ring is 1. The first-order valence-electron chi connectivity index (χ1n) is 6.58. The fourth-order valence-electron chi connectivity index (χ4n) is 1.81. The van der Waals surface area contributed by atoms with Gasteiger partial charge in [-0.3, -0.25) is 0 Å². The van der Waals surface area contributed by atoms with Crippen molar-refractivity contribution in [3.63, 3.8) is 0 Å². The van der Waals surface area contributed by atoms with Gasteiger partial charge >= 0.3 is 0 Å². The normalized spacial score (nSPS) is 10.2. The van der Waals surface area contributed by atoms with Crippen LogP contribution in [0.2, 0.25) is 0 Å². The van der Waals surface area contributed by atoms with Gasteiger partial charge in [0.15, 0.2) is 5.82 Å². The van der Waals surface area contributed by atoms with E-state index in [1.807, 2.05) is 31.2 Å². The molecule has 0 saturated carbocycles. The average Bonchev–Trinajstić information content (AvgIpc) is 2.48. The van der Waals surface area contributed by atoms with Crippen LogP contribution in [-0.4, -0.2) is 23.7 Å². The number of nitrogens with one attached hydrogen (secondary N) is 2. The monoisotopic (exact) mass is 289 g/mol. The third-order valence-electron chi connectivity index (χ3n) is 2.61. The quantitative estimate of drug-likeness (QED) is 0.530. The van der Waals surface area contributed by atoms with Crippen LogP contribution in [0.4, 0.5) is 17.3 Å². The van der Waals surface area contributed by atoms with Gasteiger partial charge in [0.05, 0.1) is 6.61 Å². The van der Waals surface area contributed by atoms with E-state index < -0.39 is 0 Å². The van der Waals surface area contributed by atoms with E-state index in [0.29, 0.717) is 30.7 Å². The number of rotatable bonds is 7. The molecule has 2 rings (SSSR count). The first-order chi connectivity index (χ1) is 10.2. The van der Waals surface area contributed by atoms with Crippen LogP contribution in [0.25, 0.3) is 0 Å². The number of aromatic nitrogens is 2. The van der Waals surface area contributed by atoms with E-state index in [0.717, 1.165) is 11.4 Å². The molecule has 112 valence electrons. The van der Waals surface area contributed by atoms with E-state index in [1.165, 1.54) is 0 Å². The molecule has 0 aliphatic carbocycles. The maximum Gasteiger partial charge on any atom is 0.158 e. The molecule has 4 N–H and O–H groups in total. The van der Waals surface area contributed by atoms with Crippen LogP contribution in [-0.2, 0) is 11.3 Å². The summed E-state index contributed by atoms with van der Waals surface area (Å²) in [6, 6.07) is 9.35. The van der Waals surface area contributed by atoms with Gasteiger partial charge in [0.1, 0.15) is 24.0 Å². The molecule has 2 aromatic rings. The van der Waals surface area contributed by atoms with E-state index in [-0.39, 0.29) is 0 Å². The molecule has 7 nitrogen and oxygen atoms in total. The topological polar surface area (TPSA) is 94.3 Å². The summed E-state index contributed by atoms with van der Waals surface area (Å²) in [5, 5.41) is 3.19. The molecule has 1 heterocycles. The summed E-state index contributed by atoms with van der Waals surface area (Å²) in [7, 11) is 1.59. The lowest BCUT2D eigenvalue weighted by atomic mass is 10.3. The molecule has 0 unspecified atom stereocenters. The number of hydrogen-bond acceptors (Lipinski definition) is 7. The minimum atomic E-state index is 0.309. The smallest absolute Gasteiger partial charge is 0.158 e. The number of nitrogens with two attached hydrogens (primary N) is 1. The predicted octanol–water partition coefficient (Wildman–Crippen LogP) is 2.05. The fourth-order valence-corrected chi connectivity index (χ4v) is 1.81. The Hall–Kier alpha value is -2.38. The van der Waals surface area contributed by atoms with Gasteiger partial charge < -0.3 is 20.2 Å². The molecule has 21 heavy (non-hydrogen) atoms. The van der Waals surface area contributed by atoms with Crippen molar-refractivity contribution in [2.45, 2.75) is 13.5 Å². The van der Waals surface area contributed by atoms with Crippen LogP contribution in [0.1, 0.15) is 12.7 Å². The SMILES string of the molecule is CCOc1cccc(Nc2cc(NN)nc(COC)n2)c1. The number of benzene rings is 1. The zero-order valence-corrected chi connectivity index (χ0v) is 12.1. The molecular formula is C14H19N5O2. The number of nitrogens with zero attached hydrogens (tertiary/aromatic N) is 2. The highest BCUT2D eigenvalue weighted by atomic mass is 16.5. The Bertz CT molecular complexity index is 591. The van der Waals surface area contributed by atoms with Crippen molar-refractivity contribution >= 4 is 17.3 Å². The van der Waals surface area contributed by atoms with Crippen molar-refractivity contribution in [3.05, 3.63) is 36.2 Å². The van der Waals surface area contributed by atoms with Crippen LogP contribution < -0.4 is 21.3 Å².